The van der Waals surface area contributed by atoms with Crippen LogP contribution in [0.3, 0.4) is 0 Å². The summed E-state index contributed by atoms with van der Waals surface area (Å²) in [6.07, 6.45) is 1.33. The second-order valence-corrected chi connectivity index (χ2v) is 2.76. The molecule has 1 unspecified atom stereocenters. The third-order valence-electron chi connectivity index (χ3n) is 1.82. The molecule has 0 amide bonds. The molecule has 0 radical (unpaired) electrons. The second-order valence-electron chi connectivity index (χ2n) is 2.76. The van der Waals surface area contributed by atoms with Crippen LogP contribution >= 0.6 is 0 Å². The Morgan fingerprint density at radius 1 is 1.62 bits per heavy atom. The molecular weight excluding hydrogens is 170 g/mol. The van der Waals surface area contributed by atoms with Crippen molar-refractivity contribution in [2.45, 2.75) is 25.9 Å². The van der Waals surface area contributed by atoms with Crippen LogP contribution in [0.15, 0.2) is 4.52 Å². The monoisotopic (exact) mass is 185 g/mol. The van der Waals surface area contributed by atoms with Gasteiger partial charge in [-0.05, 0) is 0 Å². The summed E-state index contributed by atoms with van der Waals surface area (Å²) in [4.78, 5) is 4.15. The van der Waals surface area contributed by atoms with Crippen LogP contribution in [0.5, 0.6) is 0 Å². The Bertz CT molecular complexity index is 245. The van der Waals surface area contributed by atoms with Crippen molar-refractivity contribution in [3.8, 4) is 0 Å². The number of aromatic nitrogens is 2. The number of methoxy groups -OCH3 is 1. The van der Waals surface area contributed by atoms with Crippen LogP contribution in [-0.4, -0.2) is 29.9 Å². The summed E-state index contributed by atoms with van der Waals surface area (Å²) in [6, 6.07) is 0. The van der Waals surface area contributed by atoms with Crippen molar-refractivity contribution in [3.05, 3.63) is 11.7 Å². The number of aryl methyl sites for hydroxylation is 1. The van der Waals surface area contributed by atoms with Gasteiger partial charge in [0.05, 0.1) is 12.5 Å². The summed E-state index contributed by atoms with van der Waals surface area (Å²) >= 11 is 0. The van der Waals surface area contributed by atoms with E-state index in [2.05, 4.69) is 10.1 Å². The van der Waals surface area contributed by atoms with Gasteiger partial charge in [0.15, 0.2) is 5.82 Å². The van der Waals surface area contributed by atoms with E-state index < -0.39 is 0 Å². The molecular formula is C8H15N3O2. The van der Waals surface area contributed by atoms with Gasteiger partial charge in [-0.25, -0.2) is 0 Å². The second kappa shape index (κ2) is 4.94. The molecule has 5 heteroatoms. The van der Waals surface area contributed by atoms with Gasteiger partial charge in [0, 0.05) is 20.1 Å². The van der Waals surface area contributed by atoms with Crippen molar-refractivity contribution >= 4 is 0 Å². The highest BCUT2D eigenvalue weighted by atomic mass is 16.5. The third-order valence-corrected chi connectivity index (χ3v) is 1.82. The van der Waals surface area contributed by atoms with Crippen molar-refractivity contribution < 1.29 is 9.26 Å². The lowest BCUT2D eigenvalue weighted by Crippen LogP contribution is -2.24. The van der Waals surface area contributed by atoms with E-state index in [-0.39, 0.29) is 6.10 Å². The van der Waals surface area contributed by atoms with Crippen molar-refractivity contribution in [2.24, 2.45) is 5.73 Å². The number of nitrogens with zero attached hydrogens (tertiary/aromatic N) is 2. The van der Waals surface area contributed by atoms with E-state index in [0.717, 1.165) is 12.2 Å². The van der Waals surface area contributed by atoms with Gasteiger partial charge in [-0.15, -0.1) is 0 Å². The molecule has 0 aliphatic heterocycles. The number of rotatable bonds is 5. The lowest BCUT2D eigenvalue weighted by Gasteiger charge is -2.08. The van der Waals surface area contributed by atoms with E-state index in [1.54, 1.807) is 7.11 Å². The predicted molar refractivity (Wildman–Crippen MR) is 47.2 cm³/mol. The minimum atomic E-state index is -0.0369. The highest BCUT2D eigenvalue weighted by Crippen LogP contribution is 2.03. The van der Waals surface area contributed by atoms with Crippen molar-refractivity contribution in [2.75, 3.05) is 13.7 Å². The van der Waals surface area contributed by atoms with E-state index in [9.17, 15) is 0 Å². The molecule has 5 nitrogen and oxygen atoms in total. The van der Waals surface area contributed by atoms with E-state index in [1.807, 2.05) is 6.92 Å². The first-order valence-corrected chi connectivity index (χ1v) is 4.34. The fourth-order valence-corrected chi connectivity index (χ4v) is 0.974. The molecule has 1 heterocycles. The van der Waals surface area contributed by atoms with Crippen LogP contribution in [0, 0.1) is 0 Å². The van der Waals surface area contributed by atoms with Crippen LogP contribution < -0.4 is 5.73 Å². The maximum absolute atomic E-state index is 5.46. The van der Waals surface area contributed by atoms with Crippen molar-refractivity contribution in [1.82, 2.24) is 10.1 Å². The van der Waals surface area contributed by atoms with Gasteiger partial charge in [0.1, 0.15) is 0 Å². The van der Waals surface area contributed by atoms with E-state index >= 15 is 0 Å². The molecule has 13 heavy (non-hydrogen) atoms. The minimum absolute atomic E-state index is 0.0369. The molecule has 0 saturated heterocycles. The molecule has 1 rings (SSSR count). The van der Waals surface area contributed by atoms with Gasteiger partial charge in [0.25, 0.3) is 0 Å². The highest BCUT2D eigenvalue weighted by Gasteiger charge is 2.11. The van der Waals surface area contributed by atoms with Gasteiger partial charge < -0.3 is 15.0 Å². The fraction of sp³-hybridized carbons (Fsp3) is 0.750. The van der Waals surface area contributed by atoms with Crippen molar-refractivity contribution in [3.63, 3.8) is 0 Å². The van der Waals surface area contributed by atoms with E-state index in [0.29, 0.717) is 18.9 Å². The molecule has 0 spiro atoms. The molecule has 0 aromatic carbocycles. The number of hydrogen-bond acceptors (Lipinski definition) is 5. The zero-order chi connectivity index (χ0) is 9.68. The molecule has 74 valence electrons. The summed E-state index contributed by atoms with van der Waals surface area (Å²) in [6.45, 7) is 2.44. The van der Waals surface area contributed by atoms with E-state index in [4.69, 9.17) is 15.0 Å². The average molecular weight is 185 g/mol. The van der Waals surface area contributed by atoms with Crippen molar-refractivity contribution in [1.29, 1.82) is 0 Å². The third kappa shape index (κ3) is 2.78. The van der Waals surface area contributed by atoms with Crippen LogP contribution in [0.4, 0.5) is 0 Å². The SMILES string of the molecule is CCc1noc(CC(CN)OC)n1. The summed E-state index contributed by atoms with van der Waals surface area (Å²) in [7, 11) is 1.62. The molecule has 0 fully saturated rings. The van der Waals surface area contributed by atoms with Crippen LogP contribution in [0.1, 0.15) is 18.6 Å². The maximum atomic E-state index is 5.46. The van der Waals surface area contributed by atoms with Crippen LogP contribution in [-0.2, 0) is 17.6 Å². The Balaban J connectivity index is 2.52. The standard InChI is InChI=1S/C8H15N3O2/c1-3-7-10-8(13-11-7)4-6(5-9)12-2/h6H,3-5,9H2,1-2H3. The van der Waals surface area contributed by atoms with E-state index in [1.165, 1.54) is 0 Å². The fourth-order valence-electron chi connectivity index (χ4n) is 0.974. The Kier molecular flexibility index (Phi) is 3.85. The zero-order valence-corrected chi connectivity index (χ0v) is 7.99. The molecule has 0 aliphatic carbocycles. The molecule has 0 aliphatic rings. The quantitative estimate of drug-likeness (QED) is 0.706. The number of nitrogens with two attached hydrogens (primary N) is 1. The first-order valence-electron chi connectivity index (χ1n) is 4.34. The molecule has 0 bridgehead atoms. The lowest BCUT2D eigenvalue weighted by molar-refractivity contribution is 0.102. The molecule has 2 N–H and O–H groups in total. The van der Waals surface area contributed by atoms with Crippen LogP contribution in [0.2, 0.25) is 0 Å². The summed E-state index contributed by atoms with van der Waals surface area (Å²) < 4.78 is 10.1. The summed E-state index contributed by atoms with van der Waals surface area (Å²) in [5.74, 6) is 1.32. The average Bonchev–Trinajstić information content (AvgIpc) is 2.61. The lowest BCUT2D eigenvalue weighted by atomic mass is 10.2. The predicted octanol–water partition coefficient (Wildman–Crippen LogP) is 0.148. The molecule has 1 atom stereocenters. The Morgan fingerprint density at radius 2 is 2.38 bits per heavy atom. The summed E-state index contributed by atoms with van der Waals surface area (Å²) in [5, 5.41) is 3.77. The normalized spacial score (nSPS) is 13.2. The molecule has 1 aromatic rings. The van der Waals surface area contributed by atoms with Gasteiger partial charge in [-0.3, -0.25) is 0 Å². The molecule has 0 saturated carbocycles. The molecule has 1 aromatic heterocycles. The van der Waals surface area contributed by atoms with Gasteiger partial charge in [-0.1, -0.05) is 12.1 Å². The first kappa shape index (κ1) is 10.1. The Labute approximate surface area is 77.3 Å². The largest absolute Gasteiger partial charge is 0.380 e. The Hall–Kier alpha value is -0.940. The van der Waals surface area contributed by atoms with Gasteiger partial charge in [-0.2, -0.15) is 4.98 Å². The van der Waals surface area contributed by atoms with Crippen LogP contribution in [0.25, 0.3) is 0 Å². The Morgan fingerprint density at radius 3 is 2.85 bits per heavy atom. The topological polar surface area (TPSA) is 74.2 Å². The highest BCUT2D eigenvalue weighted by molar-refractivity contribution is 4.87. The van der Waals surface area contributed by atoms with Gasteiger partial charge in [0.2, 0.25) is 5.89 Å². The summed E-state index contributed by atoms with van der Waals surface area (Å²) in [5.41, 5.74) is 5.46. The number of hydrogen-bond donors (Lipinski definition) is 1. The zero-order valence-electron chi connectivity index (χ0n) is 7.99. The maximum Gasteiger partial charge on any atom is 0.229 e. The smallest absolute Gasteiger partial charge is 0.229 e. The number of ether oxygens (including phenoxy) is 1. The minimum Gasteiger partial charge on any atom is -0.380 e. The van der Waals surface area contributed by atoms with Gasteiger partial charge >= 0.3 is 0 Å². The first-order chi connectivity index (χ1) is 6.30.